The van der Waals surface area contributed by atoms with E-state index in [-0.39, 0.29) is 0 Å². The summed E-state index contributed by atoms with van der Waals surface area (Å²) in [7, 11) is 0. The standard InChI is InChI=1S/C17H21NS/c1-2-14-9-10-19-17(14)12-18-11-13-3-5-15(6-4-13)16-7-8-16/h3-6,9-10,16,18H,2,7-8,11-12H2,1H3. The first-order chi connectivity index (χ1) is 9.36. The van der Waals surface area contributed by atoms with Gasteiger partial charge in [-0.05, 0) is 53.3 Å². The highest BCUT2D eigenvalue weighted by molar-refractivity contribution is 7.10. The van der Waals surface area contributed by atoms with E-state index in [9.17, 15) is 0 Å². The average Bonchev–Trinajstić information content (AvgIpc) is 3.19. The van der Waals surface area contributed by atoms with Crippen LogP contribution >= 0.6 is 11.3 Å². The van der Waals surface area contributed by atoms with Crippen molar-refractivity contribution in [3.8, 4) is 0 Å². The summed E-state index contributed by atoms with van der Waals surface area (Å²) in [6.45, 7) is 4.18. The molecule has 0 unspecified atom stereocenters. The molecule has 0 atom stereocenters. The molecule has 0 aliphatic heterocycles. The molecule has 1 aromatic carbocycles. The second kappa shape index (κ2) is 5.89. The van der Waals surface area contributed by atoms with Gasteiger partial charge in [0, 0.05) is 18.0 Å². The zero-order valence-corrected chi connectivity index (χ0v) is 12.3. The number of nitrogens with one attached hydrogen (secondary N) is 1. The van der Waals surface area contributed by atoms with Crippen LogP contribution in [0, 0.1) is 0 Å². The quantitative estimate of drug-likeness (QED) is 0.817. The maximum absolute atomic E-state index is 3.55. The normalized spacial score (nSPS) is 14.8. The molecule has 19 heavy (non-hydrogen) atoms. The summed E-state index contributed by atoms with van der Waals surface area (Å²) in [4.78, 5) is 1.48. The first-order valence-electron chi connectivity index (χ1n) is 7.21. The minimum absolute atomic E-state index is 0.861. The van der Waals surface area contributed by atoms with Crippen LogP contribution in [0.1, 0.15) is 47.3 Å². The predicted octanol–water partition coefficient (Wildman–Crippen LogP) is 4.48. The fourth-order valence-electron chi connectivity index (χ4n) is 2.48. The Kier molecular flexibility index (Phi) is 4.00. The van der Waals surface area contributed by atoms with Gasteiger partial charge in [-0.25, -0.2) is 0 Å². The maximum atomic E-state index is 3.55. The highest BCUT2D eigenvalue weighted by atomic mass is 32.1. The Balaban J connectivity index is 1.51. The minimum atomic E-state index is 0.861. The van der Waals surface area contributed by atoms with Crippen LogP contribution in [-0.2, 0) is 19.5 Å². The van der Waals surface area contributed by atoms with E-state index in [1.807, 2.05) is 11.3 Å². The highest BCUT2D eigenvalue weighted by Gasteiger charge is 2.22. The van der Waals surface area contributed by atoms with Crippen molar-refractivity contribution in [1.29, 1.82) is 0 Å². The van der Waals surface area contributed by atoms with Gasteiger partial charge in [-0.2, -0.15) is 0 Å². The van der Waals surface area contributed by atoms with Gasteiger partial charge in [0.05, 0.1) is 0 Å². The summed E-state index contributed by atoms with van der Waals surface area (Å²) >= 11 is 1.86. The Labute approximate surface area is 119 Å². The van der Waals surface area contributed by atoms with Crippen LogP contribution in [0.15, 0.2) is 35.7 Å². The van der Waals surface area contributed by atoms with Gasteiger partial charge >= 0.3 is 0 Å². The van der Waals surface area contributed by atoms with E-state index in [4.69, 9.17) is 0 Å². The second-order valence-corrected chi connectivity index (χ2v) is 6.34. The average molecular weight is 271 g/mol. The molecule has 1 aliphatic carbocycles. The summed E-state index contributed by atoms with van der Waals surface area (Å²) in [5, 5.41) is 5.75. The maximum Gasteiger partial charge on any atom is 0.0305 e. The third kappa shape index (κ3) is 3.26. The van der Waals surface area contributed by atoms with Crippen LogP contribution in [-0.4, -0.2) is 0 Å². The molecule has 1 heterocycles. The summed E-state index contributed by atoms with van der Waals surface area (Å²) in [5.41, 5.74) is 4.40. The van der Waals surface area contributed by atoms with E-state index < -0.39 is 0 Å². The number of thiophene rings is 1. The van der Waals surface area contributed by atoms with E-state index >= 15 is 0 Å². The van der Waals surface area contributed by atoms with Crippen molar-refractivity contribution in [2.75, 3.05) is 0 Å². The van der Waals surface area contributed by atoms with E-state index in [2.05, 4.69) is 48.0 Å². The minimum Gasteiger partial charge on any atom is -0.308 e. The molecule has 2 aromatic rings. The van der Waals surface area contributed by atoms with Gasteiger partial charge < -0.3 is 5.32 Å². The third-order valence-electron chi connectivity index (χ3n) is 3.86. The molecular formula is C17H21NS. The number of rotatable bonds is 6. The van der Waals surface area contributed by atoms with Crippen LogP contribution in [0.2, 0.25) is 0 Å². The molecule has 1 aromatic heterocycles. The lowest BCUT2D eigenvalue weighted by Gasteiger charge is -2.06. The Bertz CT molecular complexity index is 522. The lowest BCUT2D eigenvalue weighted by Crippen LogP contribution is -2.12. The van der Waals surface area contributed by atoms with Crippen molar-refractivity contribution in [3.05, 3.63) is 57.3 Å². The number of benzene rings is 1. The molecule has 3 rings (SSSR count). The topological polar surface area (TPSA) is 12.0 Å². The van der Waals surface area contributed by atoms with Crippen LogP contribution in [0.3, 0.4) is 0 Å². The Hall–Kier alpha value is -1.12. The van der Waals surface area contributed by atoms with Gasteiger partial charge in [0.15, 0.2) is 0 Å². The summed E-state index contributed by atoms with van der Waals surface area (Å²) in [6.07, 6.45) is 3.90. The Morgan fingerprint density at radius 1 is 1.11 bits per heavy atom. The van der Waals surface area contributed by atoms with Crippen LogP contribution in [0.4, 0.5) is 0 Å². The largest absolute Gasteiger partial charge is 0.308 e. The highest BCUT2D eigenvalue weighted by Crippen LogP contribution is 2.39. The van der Waals surface area contributed by atoms with Gasteiger partial charge in [0.2, 0.25) is 0 Å². The molecule has 0 bridgehead atoms. The molecule has 1 aliphatic rings. The fourth-order valence-corrected chi connectivity index (χ4v) is 3.43. The van der Waals surface area contributed by atoms with E-state index in [1.165, 1.54) is 34.4 Å². The molecule has 1 N–H and O–H groups in total. The predicted molar refractivity (Wildman–Crippen MR) is 82.7 cm³/mol. The van der Waals surface area contributed by atoms with E-state index in [1.54, 1.807) is 0 Å². The van der Waals surface area contributed by atoms with Gasteiger partial charge in [0.25, 0.3) is 0 Å². The lowest BCUT2D eigenvalue weighted by molar-refractivity contribution is 0.696. The molecule has 1 saturated carbocycles. The van der Waals surface area contributed by atoms with Crippen molar-refractivity contribution < 1.29 is 0 Å². The smallest absolute Gasteiger partial charge is 0.0305 e. The summed E-state index contributed by atoms with van der Waals surface area (Å²) in [6, 6.07) is 11.4. The zero-order chi connectivity index (χ0) is 13.1. The van der Waals surface area contributed by atoms with Gasteiger partial charge in [-0.1, -0.05) is 31.2 Å². The van der Waals surface area contributed by atoms with Crippen molar-refractivity contribution in [3.63, 3.8) is 0 Å². The van der Waals surface area contributed by atoms with Crippen LogP contribution < -0.4 is 5.32 Å². The van der Waals surface area contributed by atoms with Crippen molar-refractivity contribution >= 4 is 11.3 Å². The van der Waals surface area contributed by atoms with Gasteiger partial charge in [-0.15, -0.1) is 11.3 Å². The molecule has 2 heteroatoms. The first-order valence-corrected chi connectivity index (χ1v) is 8.09. The zero-order valence-electron chi connectivity index (χ0n) is 11.5. The fraction of sp³-hybridized carbons (Fsp3) is 0.412. The molecular weight excluding hydrogens is 250 g/mol. The monoisotopic (exact) mass is 271 g/mol. The molecule has 0 radical (unpaired) electrons. The Morgan fingerprint density at radius 2 is 1.89 bits per heavy atom. The molecule has 0 saturated heterocycles. The second-order valence-electron chi connectivity index (χ2n) is 5.34. The molecule has 0 amide bonds. The number of aryl methyl sites for hydroxylation is 1. The van der Waals surface area contributed by atoms with E-state index in [0.29, 0.717) is 0 Å². The SMILES string of the molecule is CCc1ccsc1CNCc1ccc(C2CC2)cc1. The summed E-state index contributed by atoms with van der Waals surface area (Å²) < 4.78 is 0. The van der Waals surface area contributed by atoms with E-state index in [0.717, 1.165) is 25.4 Å². The third-order valence-corrected chi connectivity index (χ3v) is 4.82. The molecule has 0 spiro atoms. The summed E-state index contributed by atoms with van der Waals surface area (Å²) in [5.74, 6) is 0.861. The van der Waals surface area contributed by atoms with Gasteiger partial charge in [-0.3, -0.25) is 0 Å². The molecule has 100 valence electrons. The Morgan fingerprint density at radius 3 is 2.58 bits per heavy atom. The van der Waals surface area contributed by atoms with Crippen LogP contribution in [0.25, 0.3) is 0 Å². The first kappa shape index (κ1) is 12.9. The number of hydrogen-bond acceptors (Lipinski definition) is 2. The van der Waals surface area contributed by atoms with Crippen molar-refractivity contribution in [1.82, 2.24) is 5.32 Å². The van der Waals surface area contributed by atoms with Crippen molar-refractivity contribution in [2.24, 2.45) is 0 Å². The van der Waals surface area contributed by atoms with Crippen molar-refractivity contribution in [2.45, 2.75) is 45.2 Å². The lowest BCUT2D eigenvalue weighted by atomic mass is 10.1. The van der Waals surface area contributed by atoms with Gasteiger partial charge in [0.1, 0.15) is 0 Å². The number of hydrogen-bond donors (Lipinski definition) is 1. The van der Waals surface area contributed by atoms with Crippen LogP contribution in [0.5, 0.6) is 0 Å². The molecule has 1 fully saturated rings. The molecule has 1 nitrogen and oxygen atoms in total.